The van der Waals surface area contributed by atoms with E-state index in [0.29, 0.717) is 19.3 Å². The quantitative estimate of drug-likeness (QED) is 0.0261. The molecule has 0 heterocycles. The molecule has 0 saturated carbocycles. The predicted molar refractivity (Wildman–Crippen MR) is 316 cm³/mol. The van der Waals surface area contributed by atoms with Crippen LogP contribution in [0.5, 0.6) is 0 Å². The molecule has 1 unspecified atom stereocenters. The summed E-state index contributed by atoms with van der Waals surface area (Å²) < 4.78 is 16.9. The minimum absolute atomic E-state index is 0.0842. The molecule has 0 fully saturated rings. The van der Waals surface area contributed by atoms with E-state index in [4.69, 9.17) is 14.2 Å². The van der Waals surface area contributed by atoms with E-state index >= 15 is 0 Å². The lowest BCUT2D eigenvalue weighted by atomic mass is 10.0. The molecule has 0 spiro atoms. The molecular weight excluding hydrogens is 901 g/mol. The summed E-state index contributed by atoms with van der Waals surface area (Å²) in [6.07, 6.45) is 79.1. The van der Waals surface area contributed by atoms with Gasteiger partial charge in [0.15, 0.2) is 6.10 Å². The summed E-state index contributed by atoms with van der Waals surface area (Å²) in [4.78, 5) is 38.2. The summed E-state index contributed by atoms with van der Waals surface area (Å²) in [7, 11) is 0. The standard InChI is InChI=1S/C67H118O6/c1-4-7-10-13-16-19-22-25-28-29-30-31-32-33-34-35-36-37-38-39-40-43-45-48-51-54-57-60-66(69)72-63-64(73-67(70)61-58-55-52-49-46-42-27-24-21-18-15-12-9-6-3)62-71-65(68)59-56-53-50-47-44-41-26-23-20-17-14-11-8-5-2/h14-15,17-18,22-27,29-30,64H,4-13,16,19-21,28,31-63H2,1-3H3/b17-14-,18-15-,25-22-,26-23-,27-24-,30-29-. The van der Waals surface area contributed by atoms with Crippen molar-refractivity contribution in [2.45, 2.75) is 322 Å². The Morgan fingerprint density at radius 1 is 0.274 bits per heavy atom. The Morgan fingerprint density at radius 2 is 0.507 bits per heavy atom. The van der Waals surface area contributed by atoms with E-state index in [0.717, 1.165) is 109 Å². The summed E-state index contributed by atoms with van der Waals surface area (Å²) in [5.74, 6) is -0.902. The Morgan fingerprint density at radius 3 is 0.795 bits per heavy atom. The molecule has 1 atom stereocenters. The van der Waals surface area contributed by atoms with Crippen molar-refractivity contribution < 1.29 is 28.6 Å². The van der Waals surface area contributed by atoms with Gasteiger partial charge in [-0.15, -0.1) is 0 Å². The van der Waals surface area contributed by atoms with Crippen LogP contribution in [-0.2, 0) is 28.6 Å². The van der Waals surface area contributed by atoms with Crippen molar-refractivity contribution in [3.8, 4) is 0 Å². The number of ether oxygens (including phenoxy) is 3. The second kappa shape index (κ2) is 61.4. The van der Waals surface area contributed by atoms with E-state index in [1.807, 2.05) is 0 Å². The lowest BCUT2D eigenvalue weighted by Crippen LogP contribution is -2.30. The second-order valence-corrected chi connectivity index (χ2v) is 21.0. The zero-order chi connectivity index (χ0) is 52.9. The van der Waals surface area contributed by atoms with Crippen molar-refractivity contribution in [3.05, 3.63) is 72.9 Å². The van der Waals surface area contributed by atoms with Gasteiger partial charge in [0.05, 0.1) is 0 Å². The molecule has 73 heavy (non-hydrogen) atoms. The Labute approximate surface area is 453 Å². The molecular formula is C67H118O6. The van der Waals surface area contributed by atoms with Crippen LogP contribution in [0.15, 0.2) is 72.9 Å². The molecule has 0 aliphatic rings. The van der Waals surface area contributed by atoms with E-state index in [9.17, 15) is 14.4 Å². The van der Waals surface area contributed by atoms with E-state index in [1.165, 1.54) is 167 Å². The molecule has 0 bridgehead atoms. The van der Waals surface area contributed by atoms with Gasteiger partial charge in [0.25, 0.3) is 0 Å². The third-order valence-corrected chi connectivity index (χ3v) is 13.7. The maximum atomic E-state index is 12.9. The second-order valence-electron chi connectivity index (χ2n) is 21.0. The van der Waals surface area contributed by atoms with Crippen molar-refractivity contribution in [2.75, 3.05) is 13.2 Å². The van der Waals surface area contributed by atoms with Crippen LogP contribution in [0.3, 0.4) is 0 Å². The highest BCUT2D eigenvalue weighted by molar-refractivity contribution is 5.71. The minimum Gasteiger partial charge on any atom is -0.462 e. The lowest BCUT2D eigenvalue weighted by Gasteiger charge is -2.18. The van der Waals surface area contributed by atoms with Crippen LogP contribution in [0.4, 0.5) is 0 Å². The average Bonchev–Trinajstić information content (AvgIpc) is 3.39. The molecule has 0 N–H and O–H groups in total. The molecule has 0 rings (SSSR count). The van der Waals surface area contributed by atoms with Gasteiger partial charge in [-0.1, -0.05) is 267 Å². The number of hydrogen-bond donors (Lipinski definition) is 0. The minimum atomic E-state index is -0.788. The van der Waals surface area contributed by atoms with E-state index in [-0.39, 0.29) is 31.1 Å². The SMILES string of the molecule is CCCC/C=C\C/C=C\CCCCCCCC(=O)OCC(COC(=O)CCCCCCCCCCCCCCCCC/C=C\C/C=C\CCCCCCC)OC(=O)CCCCCCC/C=C\C/C=C\CCCC. The van der Waals surface area contributed by atoms with Crippen molar-refractivity contribution in [1.29, 1.82) is 0 Å². The van der Waals surface area contributed by atoms with Crippen LogP contribution >= 0.6 is 0 Å². The van der Waals surface area contributed by atoms with Gasteiger partial charge in [0.1, 0.15) is 13.2 Å². The van der Waals surface area contributed by atoms with Gasteiger partial charge in [-0.05, 0) is 103 Å². The van der Waals surface area contributed by atoms with Crippen LogP contribution in [-0.4, -0.2) is 37.2 Å². The van der Waals surface area contributed by atoms with Crippen LogP contribution < -0.4 is 0 Å². The molecule has 0 aliphatic carbocycles. The Bertz CT molecular complexity index is 1360. The normalized spacial score (nSPS) is 12.5. The van der Waals surface area contributed by atoms with Crippen molar-refractivity contribution >= 4 is 17.9 Å². The van der Waals surface area contributed by atoms with Gasteiger partial charge in [-0.25, -0.2) is 0 Å². The van der Waals surface area contributed by atoms with Crippen LogP contribution in [0.25, 0.3) is 0 Å². The number of carbonyl (C=O) groups excluding carboxylic acids is 3. The first-order chi connectivity index (χ1) is 36.0. The number of esters is 3. The number of hydrogen-bond acceptors (Lipinski definition) is 6. The van der Waals surface area contributed by atoms with Gasteiger partial charge >= 0.3 is 17.9 Å². The fourth-order valence-electron chi connectivity index (χ4n) is 8.86. The number of allylic oxidation sites excluding steroid dienone is 12. The van der Waals surface area contributed by atoms with E-state index in [2.05, 4.69) is 93.7 Å². The summed E-state index contributed by atoms with van der Waals surface area (Å²) in [5.41, 5.74) is 0. The molecule has 0 aromatic heterocycles. The zero-order valence-corrected chi connectivity index (χ0v) is 48.4. The van der Waals surface area contributed by atoms with E-state index < -0.39 is 6.10 Å². The van der Waals surface area contributed by atoms with Crippen LogP contribution in [0, 0.1) is 0 Å². The molecule has 0 aliphatic heterocycles. The summed E-state index contributed by atoms with van der Waals surface area (Å²) in [6.45, 7) is 6.55. The molecule has 6 heteroatoms. The predicted octanol–water partition coefficient (Wildman–Crippen LogP) is 21.3. The molecule has 0 amide bonds. The Balaban J connectivity index is 4.24. The van der Waals surface area contributed by atoms with Crippen LogP contribution in [0.2, 0.25) is 0 Å². The van der Waals surface area contributed by atoms with Gasteiger partial charge < -0.3 is 14.2 Å². The third kappa shape index (κ3) is 59.6. The Kier molecular flexibility index (Phi) is 58.7. The molecule has 0 aromatic rings. The van der Waals surface area contributed by atoms with E-state index in [1.54, 1.807) is 0 Å². The maximum Gasteiger partial charge on any atom is 0.306 e. The monoisotopic (exact) mass is 1020 g/mol. The topological polar surface area (TPSA) is 78.9 Å². The van der Waals surface area contributed by atoms with Crippen LogP contribution in [0.1, 0.15) is 316 Å². The highest BCUT2D eigenvalue weighted by Gasteiger charge is 2.19. The van der Waals surface area contributed by atoms with Crippen molar-refractivity contribution in [2.24, 2.45) is 0 Å². The maximum absolute atomic E-state index is 12.9. The lowest BCUT2D eigenvalue weighted by molar-refractivity contribution is -0.167. The summed E-state index contributed by atoms with van der Waals surface area (Å²) in [5, 5.41) is 0. The molecule has 0 saturated heterocycles. The first-order valence-electron chi connectivity index (χ1n) is 31.4. The first kappa shape index (κ1) is 69.8. The molecule has 6 nitrogen and oxygen atoms in total. The molecule has 422 valence electrons. The highest BCUT2D eigenvalue weighted by atomic mass is 16.6. The Hall–Kier alpha value is -3.15. The number of unbranched alkanes of at least 4 members (excludes halogenated alkanes) is 34. The van der Waals surface area contributed by atoms with Crippen molar-refractivity contribution in [3.63, 3.8) is 0 Å². The third-order valence-electron chi connectivity index (χ3n) is 13.7. The fraction of sp³-hybridized carbons (Fsp3) is 0.776. The van der Waals surface area contributed by atoms with Crippen molar-refractivity contribution in [1.82, 2.24) is 0 Å². The number of carbonyl (C=O) groups is 3. The smallest absolute Gasteiger partial charge is 0.306 e. The van der Waals surface area contributed by atoms with Gasteiger partial charge in [-0.2, -0.15) is 0 Å². The van der Waals surface area contributed by atoms with Gasteiger partial charge in [0, 0.05) is 19.3 Å². The largest absolute Gasteiger partial charge is 0.462 e. The molecule has 0 radical (unpaired) electrons. The van der Waals surface area contributed by atoms with Gasteiger partial charge in [-0.3, -0.25) is 14.4 Å². The highest BCUT2D eigenvalue weighted by Crippen LogP contribution is 2.16. The summed E-state index contributed by atoms with van der Waals surface area (Å²) in [6, 6.07) is 0. The zero-order valence-electron chi connectivity index (χ0n) is 48.4. The average molecular weight is 1020 g/mol. The first-order valence-corrected chi connectivity index (χ1v) is 31.4. The summed E-state index contributed by atoms with van der Waals surface area (Å²) >= 11 is 0. The van der Waals surface area contributed by atoms with Gasteiger partial charge in [0.2, 0.25) is 0 Å². The fourth-order valence-corrected chi connectivity index (χ4v) is 8.86. The molecule has 0 aromatic carbocycles. The number of rotatable bonds is 57.